The monoisotopic (exact) mass is 713 g/mol. The van der Waals surface area contributed by atoms with E-state index in [9.17, 15) is 22.4 Å². The predicted molar refractivity (Wildman–Crippen MR) is 174 cm³/mol. The van der Waals surface area contributed by atoms with Crippen molar-refractivity contribution in [3.05, 3.63) is 130 Å². The third-order valence-corrected chi connectivity index (χ3v) is 9.20. The molecule has 0 spiro atoms. The molecular weight excluding hydrogens is 680 g/mol. The lowest BCUT2D eigenvalue weighted by Gasteiger charge is -2.34. The van der Waals surface area contributed by atoms with Crippen LogP contribution in [0.15, 0.2) is 114 Å². The summed E-state index contributed by atoms with van der Waals surface area (Å²) >= 11 is 2.12. The van der Waals surface area contributed by atoms with E-state index in [4.69, 9.17) is 0 Å². The standard InChI is InChI=1S/C33H33FIN3O4S/c1-24(2)36-33(40)31(21-25-9-5-3-6-10-25)37(22-26-13-15-27(34)16-14-26)32(39)23-38(29-19-17-28(35)18-20-29)43(41,42)30-11-7-4-8-12-30/h3-20,24,31H,21-23H2,1-2H3,(H,36,40)/t31-/m0/s1. The van der Waals surface area contributed by atoms with Crippen molar-refractivity contribution in [3.8, 4) is 0 Å². The number of carbonyl (C=O) groups is 2. The second-order valence-electron chi connectivity index (χ2n) is 10.3. The van der Waals surface area contributed by atoms with Crippen LogP contribution in [0.2, 0.25) is 0 Å². The molecule has 0 saturated carbocycles. The van der Waals surface area contributed by atoms with Crippen LogP contribution in [0.5, 0.6) is 0 Å². The number of hydrogen-bond donors (Lipinski definition) is 1. The van der Waals surface area contributed by atoms with Crippen molar-refractivity contribution in [2.24, 2.45) is 0 Å². The van der Waals surface area contributed by atoms with Crippen molar-refractivity contribution in [1.82, 2.24) is 10.2 Å². The number of halogens is 2. The first-order chi connectivity index (χ1) is 20.5. The summed E-state index contributed by atoms with van der Waals surface area (Å²) in [5.74, 6) is -1.39. The van der Waals surface area contributed by atoms with E-state index in [0.29, 0.717) is 11.3 Å². The molecule has 0 aliphatic rings. The Labute approximate surface area is 265 Å². The molecule has 0 bridgehead atoms. The molecule has 4 aromatic rings. The Hall–Kier alpha value is -3.77. The zero-order valence-electron chi connectivity index (χ0n) is 23.9. The van der Waals surface area contributed by atoms with Gasteiger partial charge in [-0.1, -0.05) is 60.7 Å². The van der Waals surface area contributed by atoms with Crippen molar-refractivity contribution < 1.29 is 22.4 Å². The molecule has 1 N–H and O–H groups in total. The van der Waals surface area contributed by atoms with Gasteiger partial charge in [-0.15, -0.1) is 0 Å². The summed E-state index contributed by atoms with van der Waals surface area (Å²) in [6.45, 7) is 3.07. The average molecular weight is 714 g/mol. The number of sulfonamides is 1. The molecular formula is C33H33FIN3O4S. The van der Waals surface area contributed by atoms with Gasteiger partial charge in [-0.25, -0.2) is 12.8 Å². The minimum Gasteiger partial charge on any atom is -0.352 e. The van der Waals surface area contributed by atoms with Gasteiger partial charge in [0.25, 0.3) is 10.0 Å². The Bertz CT molecular complexity index is 1620. The largest absolute Gasteiger partial charge is 0.352 e. The zero-order chi connectivity index (χ0) is 31.0. The van der Waals surface area contributed by atoms with Crippen LogP contribution in [0.25, 0.3) is 0 Å². The van der Waals surface area contributed by atoms with Gasteiger partial charge in [-0.3, -0.25) is 13.9 Å². The predicted octanol–water partition coefficient (Wildman–Crippen LogP) is 5.79. The zero-order valence-corrected chi connectivity index (χ0v) is 26.8. The number of anilines is 1. The molecule has 0 radical (unpaired) electrons. The lowest BCUT2D eigenvalue weighted by molar-refractivity contribution is -0.140. The number of benzene rings is 4. The van der Waals surface area contributed by atoms with E-state index in [-0.39, 0.29) is 29.8 Å². The Balaban J connectivity index is 1.79. The average Bonchev–Trinajstić information content (AvgIpc) is 2.99. The molecule has 43 heavy (non-hydrogen) atoms. The molecule has 224 valence electrons. The number of amides is 2. The minimum absolute atomic E-state index is 0.0322. The molecule has 4 rings (SSSR count). The molecule has 2 amide bonds. The second-order valence-corrected chi connectivity index (χ2v) is 13.4. The molecule has 0 heterocycles. The third-order valence-electron chi connectivity index (χ3n) is 6.69. The van der Waals surface area contributed by atoms with E-state index in [2.05, 4.69) is 27.9 Å². The summed E-state index contributed by atoms with van der Waals surface area (Å²) < 4.78 is 43.6. The maximum absolute atomic E-state index is 14.3. The molecule has 4 aromatic carbocycles. The van der Waals surface area contributed by atoms with E-state index in [1.807, 2.05) is 44.2 Å². The fourth-order valence-corrected chi connectivity index (χ4v) is 6.37. The lowest BCUT2D eigenvalue weighted by atomic mass is 10.0. The summed E-state index contributed by atoms with van der Waals surface area (Å²) in [7, 11) is -4.16. The van der Waals surface area contributed by atoms with Crippen LogP contribution >= 0.6 is 22.6 Å². The van der Waals surface area contributed by atoms with Gasteiger partial charge >= 0.3 is 0 Å². The van der Waals surface area contributed by atoms with Gasteiger partial charge in [0.05, 0.1) is 10.6 Å². The molecule has 0 unspecified atom stereocenters. The summed E-state index contributed by atoms with van der Waals surface area (Å²) in [6, 6.07) is 28.5. The maximum atomic E-state index is 14.3. The normalized spacial score (nSPS) is 12.0. The second kappa shape index (κ2) is 14.6. The number of hydrogen-bond acceptors (Lipinski definition) is 4. The van der Waals surface area contributed by atoms with Crippen molar-refractivity contribution >= 4 is 50.1 Å². The maximum Gasteiger partial charge on any atom is 0.264 e. The third kappa shape index (κ3) is 8.64. The highest BCUT2D eigenvalue weighted by molar-refractivity contribution is 14.1. The Morgan fingerprint density at radius 2 is 1.40 bits per heavy atom. The fourth-order valence-electron chi connectivity index (χ4n) is 4.58. The highest BCUT2D eigenvalue weighted by Gasteiger charge is 2.34. The van der Waals surface area contributed by atoms with Gasteiger partial charge in [-0.2, -0.15) is 0 Å². The summed E-state index contributed by atoms with van der Waals surface area (Å²) in [6.07, 6.45) is 0.196. The van der Waals surface area contributed by atoms with Gasteiger partial charge in [-0.05, 0) is 96.1 Å². The van der Waals surface area contributed by atoms with Gasteiger partial charge < -0.3 is 10.2 Å². The Morgan fingerprint density at radius 3 is 1.98 bits per heavy atom. The van der Waals surface area contributed by atoms with E-state index in [1.165, 1.54) is 29.2 Å². The quantitative estimate of drug-likeness (QED) is 0.189. The lowest BCUT2D eigenvalue weighted by Crippen LogP contribution is -2.54. The van der Waals surface area contributed by atoms with E-state index < -0.39 is 34.3 Å². The molecule has 1 atom stereocenters. The molecule has 10 heteroatoms. The van der Waals surface area contributed by atoms with Crippen LogP contribution in [0.1, 0.15) is 25.0 Å². The molecule has 0 fully saturated rings. The number of rotatable bonds is 12. The molecule has 0 aliphatic carbocycles. The molecule has 0 aromatic heterocycles. The van der Waals surface area contributed by atoms with Crippen molar-refractivity contribution in [3.63, 3.8) is 0 Å². The number of nitrogens with zero attached hydrogens (tertiary/aromatic N) is 2. The number of nitrogens with one attached hydrogen (secondary N) is 1. The van der Waals surface area contributed by atoms with E-state index in [0.717, 1.165) is 13.4 Å². The minimum atomic E-state index is -4.16. The first kappa shape index (κ1) is 32.2. The van der Waals surface area contributed by atoms with Crippen molar-refractivity contribution in [1.29, 1.82) is 0 Å². The highest BCUT2D eigenvalue weighted by atomic mass is 127. The van der Waals surface area contributed by atoms with Gasteiger partial charge in [0.1, 0.15) is 18.4 Å². The van der Waals surface area contributed by atoms with Gasteiger partial charge in [0, 0.05) is 22.6 Å². The van der Waals surface area contributed by atoms with Crippen LogP contribution in [0.3, 0.4) is 0 Å². The fraction of sp³-hybridized carbons (Fsp3) is 0.212. The van der Waals surface area contributed by atoms with Gasteiger partial charge in [0.2, 0.25) is 11.8 Å². The van der Waals surface area contributed by atoms with E-state index in [1.54, 1.807) is 54.6 Å². The Morgan fingerprint density at radius 1 is 0.814 bits per heavy atom. The number of carbonyl (C=O) groups excluding carboxylic acids is 2. The van der Waals surface area contributed by atoms with Crippen molar-refractivity contribution in [2.75, 3.05) is 10.8 Å². The van der Waals surface area contributed by atoms with Crippen LogP contribution in [0, 0.1) is 9.39 Å². The van der Waals surface area contributed by atoms with Gasteiger partial charge in [0.15, 0.2) is 0 Å². The smallest absolute Gasteiger partial charge is 0.264 e. The highest BCUT2D eigenvalue weighted by Crippen LogP contribution is 2.26. The molecule has 7 nitrogen and oxygen atoms in total. The first-order valence-electron chi connectivity index (χ1n) is 13.8. The summed E-state index contributed by atoms with van der Waals surface area (Å²) in [5.41, 5.74) is 1.73. The van der Waals surface area contributed by atoms with Crippen LogP contribution in [-0.2, 0) is 32.6 Å². The van der Waals surface area contributed by atoms with Crippen LogP contribution in [0.4, 0.5) is 10.1 Å². The molecule has 0 saturated heterocycles. The van der Waals surface area contributed by atoms with Crippen LogP contribution in [-0.4, -0.2) is 43.8 Å². The SMILES string of the molecule is CC(C)NC(=O)[C@H](Cc1ccccc1)N(Cc1ccc(F)cc1)C(=O)CN(c1ccc(I)cc1)S(=O)(=O)c1ccccc1. The first-order valence-corrected chi connectivity index (χ1v) is 16.3. The van der Waals surface area contributed by atoms with Crippen LogP contribution < -0.4 is 9.62 Å². The topological polar surface area (TPSA) is 86.8 Å². The Kier molecular flexibility index (Phi) is 10.9. The molecule has 0 aliphatic heterocycles. The summed E-state index contributed by atoms with van der Waals surface area (Å²) in [4.78, 5) is 29.4. The van der Waals surface area contributed by atoms with E-state index >= 15 is 0 Å². The van der Waals surface area contributed by atoms with Crippen molar-refractivity contribution in [2.45, 2.75) is 43.8 Å². The summed E-state index contributed by atoms with van der Waals surface area (Å²) in [5, 5.41) is 2.92.